The van der Waals surface area contributed by atoms with Crippen LogP contribution >= 0.6 is 60.4 Å². The molecule has 2 rings (SSSR count). The Bertz CT molecular complexity index is 562. The Labute approximate surface area is 188 Å². The molecule has 0 heterocycles. The third-order valence-corrected chi connectivity index (χ3v) is 4.31. The lowest BCUT2D eigenvalue weighted by Crippen LogP contribution is -1.86. The van der Waals surface area contributed by atoms with E-state index in [0.717, 1.165) is 26.7 Å². The predicted octanol–water partition coefficient (Wildman–Crippen LogP) is 9.72. The maximum Gasteiger partial charge on any atom is 0.0479 e. The number of hydrogen-bond donors (Lipinski definition) is 0. The minimum atomic E-state index is 0.778. The molecule has 0 bridgehead atoms. The van der Waals surface area contributed by atoms with Crippen LogP contribution in [0.4, 0.5) is 0 Å². The Morgan fingerprint density at radius 1 is 0.640 bits per heavy atom. The molecule has 0 aliphatic rings. The molecule has 2 aromatic carbocycles. The highest BCUT2D eigenvalue weighted by Crippen LogP contribution is 2.29. The van der Waals surface area contributed by atoms with E-state index >= 15 is 0 Å². The van der Waals surface area contributed by atoms with E-state index in [4.69, 9.17) is 23.2 Å². The first-order chi connectivity index (χ1) is 11.6. The van der Waals surface area contributed by atoms with Gasteiger partial charge in [-0.25, -0.2) is 0 Å². The van der Waals surface area contributed by atoms with Crippen LogP contribution in [0.1, 0.15) is 53.6 Å². The molecule has 0 nitrogen and oxygen atoms in total. The van der Waals surface area contributed by atoms with Crippen molar-refractivity contribution in [2.75, 3.05) is 0 Å². The summed E-state index contributed by atoms with van der Waals surface area (Å²) in [6.45, 7) is 16.5. The molecule has 0 saturated carbocycles. The average Bonchev–Trinajstić information content (AvgIpc) is 2.53. The number of aryl methyl sites for hydroxylation is 5. The van der Waals surface area contributed by atoms with Crippen molar-refractivity contribution in [3.63, 3.8) is 0 Å². The van der Waals surface area contributed by atoms with Crippen LogP contribution in [0.3, 0.4) is 0 Å². The van der Waals surface area contributed by atoms with Crippen molar-refractivity contribution in [3.8, 4) is 0 Å². The third kappa shape index (κ3) is 11.7. The van der Waals surface area contributed by atoms with E-state index in [1.165, 1.54) is 23.1 Å². The van der Waals surface area contributed by atoms with Gasteiger partial charge in [0.1, 0.15) is 0 Å². The summed E-state index contributed by atoms with van der Waals surface area (Å²) in [7, 11) is 0. The molecule has 142 valence electrons. The summed E-state index contributed by atoms with van der Waals surface area (Å²) in [6.07, 6.45) is 1.25. The fourth-order valence-corrected chi connectivity index (χ4v) is 2.69. The molecule has 0 unspecified atom stereocenters. The number of rotatable bonds is 0. The first-order valence-corrected chi connectivity index (χ1v) is 15.3. The number of halogens is 4. The van der Waals surface area contributed by atoms with Crippen LogP contribution in [0.15, 0.2) is 24.3 Å². The molecule has 25 heavy (non-hydrogen) atoms. The van der Waals surface area contributed by atoms with E-state index in [0.29, 0.717) is 0 Å². The number of benzene rings is 2. The van der Waals surface area contributed by atoms with E-state index in [1.54, 1.807) is 0 Å². The molecule has 0 fully saturated rings. The van der Waals surface area contributed by atoms with Gasteiger partial charge in [0.05, 0.1) is 0 Å². The highest BCUT2D eigenvalue weighted by Gasteiger charge is 2.06. The molecule has 0 amide bonds. The lowest BCUT2D eigenvalue weighted by molar-refractivity contribution is 1.09. The Morgan fingerprint density at radius 2 is 0.880 bits per heavy atom. The van der Waals surface area contributed by atoms with Crippen molar-refractivity contribution in [2.45, 2.75) is 61.8 Å². The van der Waals surface area contributed by atoms with Crippen LogP contribution in [0.25, 0.3) is 0 Å². The Morgan fingerprint density at radius 3 is 1.12 bits per heavy atom. The van der Waals surface area contributed by atoms with Gasteiger partial charge in [0.15, 0.2) is 0 Å². The minimum Gasteiger partial charge on any atom is -0.0837 e. The smallest absolute Gasteiger partial charge is 0.0479 e. The fraction of sp³-hybridized carbons (Fsp3) is 0.429. The molecule has 0 aliphatic heterocycles. The van der Waals surface area contributed by atoms with Gasteiger partial charge >= 0.3 is 0 Å². The summed E-state index contributed by atoms with van der Waals surface area (Å²) in [4.78, 5) is 0. The molecule has 0 spiro atoms. The second kappa shape index (κ2) is 15.5. The quantitative estimate of drug-likeness (QED) is 0.262. The summed E-state index contributed by atoms with van der Waals surface area (Å²) in [6, 6.07) is 8.56. The van der Waals surface area contributed by atoms with E-state index in [9.17, 15) is 0 Å². The van der Waals surface area contributed by atoms with Crippen molar-refractivity contribution in [2.24, 2.45) is 0 Å². The Kier molecular flexibility index (Phi) is 17.2. The largest absolute Gasteiger partial charge is 0.0837 e. The molecule has 0 radical (unpaired) electrons. The molecular weight excluding hydrogens is 577 g/mol. The average molecular weight is 607 g/mol. The van der Waals surface area contributed by atoms with Crippen molar-refractivity contribution >= 4 is 60.4 Å². The number of hydrogen-bond acceptors (Lipinski definition) is 0. The van der Waals surface area contributed by atoms with Crippen molar-refractivity contribution in [3.05, 3.63) is 67.7 Å². The first-order valence-electron chi connectivity index (χ1n) is 8.24. The molecule has 0 saturated heterocycles. The van der Waals surface area contributed by atoms with Crippen molar-refractivity contribution in [1.82, 2.24) is 0 Å². The van der Waals surface area contributed by atoms with Gasteiger partial charge in [0, 0.05) is 47.3 Å². The van der Waals surface area contributed by atoms with Gasteiger partial charge in [-0.05, 0) is 58.2 Å². The third-order valence-electron chi connectivity index (χ3n) is 3.15. The summed E-state index contributed by atoms with van der Waals surface area (Å²) in [5.74, 6) is 0. The molecule has 2 aromatic rings. The van der Waals surface area contributed by atoms with Crippen LogP contribution in [0.2, 0.25) is 10.0 Å². The normalized spacial score (nSPS) is 8.96. The monoisotopic (exact) mass is 606 g/mol. The van der Waals surface area contributed by atoms with Crippen LogP contribution in [0, 0.1) is 41.5 Å². The predicted molar refractivity (Wildman–Crippen MR) is 135 cm³/mol. The van der Waals surface area contributed by atoms with Crippen LogP contribution in [-0.2, 0) is 0 Å². The molecular formula is C21H30Cl2I2. The van der Waals surface area contributed by atoms with Gasteiger partial charge in [-0.15, -0.1) is 0 Å². The summed E-state index contributed by atoms with van der Waals surface area (Å²) in [5.41, 5.74) is 7.22. The summed E-state index contributed by atoms with van der Waals surface area (Å²) in [5, 5.41) is 1.56. The maximum atomic E-state index is 5.97. The molecule has 4 heteroatoms. The van der Waals surface area contributed by atoms with E-state index in [-0.39, 0.29) is 0 Å². The Balaban J connectivity index is 0. The van der Waals surface area contributed by atoms with Gasteiger partial charge in [-0.1, -0.05) is 84.4 Å². The van der Waals surface area contributed by atoms with Crippen LogP contribution in [0.5, 0.6) is 0 Å². The zero-order valence-corrected chi connectivity index (χ0v) is 22.4. The highest BCUT2D eigenvalue weighted by atomic mass is 128. The van der Waals surface area contributed by atoms with Crippen LogP contribution in [-0.4, -0.2) is 0 Å². The van der Waals surface area contributed by atoms with Gasteiger partial charge in [-0.3, -0.25) is 0 Å². The van der Waals surface area contributed by atoms with Crippen molar-refractivity contribution in [1.29, 1.82) is 0 Å². The minimum absolute atomic E-state index is 0.778. The van der Waals surface area contributed by atoms with Gasteiger partial charge < -0.3 is 0 Å². The van der Waals surface area contributed by atoms with Gasteiger partial charge in [-0.2, -0.15) is 0 Å². The lowest BCUT2D eigenvalue weighted by atomic mass is 10.1. The van der Waals surface area contributed by atoms with E-state index < -0.39 is 0 Å². The topological polar surface area (TPSA) is 0 Å². The zero-order chi connectivity index (χ0) is 20.2. The molecule has 0 aromatic heterocycles. The molecule has 0 N–H and O–H groups in total. The lowest BCUT2D eigenvalue weighted by Gasteiger charge is -2.07. The standard InChI is InChI=1S/C9H10Cl2.C9H12.C3H8.I2/c1-5-4-6(2)9(11)7(3)8(5)10;1-7-4-8(2)6-9(3)5-7;1-3-2;1-2/h4H,1-3H3;4-6H,1-3H3;3H2,1-2H3;. The first kappa shape index (κ1) is 27.7. The van der Waals surface area contributed by atoms with Crippen molar-refractivity contribution < 1.29 is 0 Å². The summed E-state index contributed by atoms with van der Waals surface area (Å²) < 4.78 is 0. The fourth-order valence-electron chi connectivity index (χ4n) is 2.34. The maximum absolute atomic E-state index is 5.97. The highest BCUT2D eigenvalue weighted by molar-refractivity contribution is 15.0. The molecule has 0 atom stereocenters. The molecule has 0 aliphatic carbocycles. The Hall–Kier alpha value is 0.480. The van der Waals surface area contributed by atoms with Gasteiger partial charge in [0.2, 0.25) is 0 Å². The van der Waals surface area contributed by atoms with Gasteiger partial charge in [0.25, 0.3) is 0 Å². The van der Waals surface area contributed by atoms with E-state index in [2.05, 4.69) is 90.0 Å². The summed E-state index contributed by atoms with van der Waals surface area (Å²) >= 11 is 16.2. The van der Waals surface area contributed by atoms with Crippen LogP contribution < -0.4 is 0 Å². The second-order valence-corrected chi connectivity index (χ2v) is 6.89. The second-order valence-electron chi connectivity index (χ2n) is 6.14. The van der Waals surface area contributed by atoms with E-state index in [1.807, 2.05) is 26.8 Å². The zero-order valence-electron chi connectivity index (χ0n) is 16.5. The SMILES string of the molecule is CCC.Cc1cc(C)c(Cl)c(C)c1Cl.Cc1cc(C)cc(C)c1.II.